The lowest BCUT2D eigenvalue weighted by Gasteiger charge is -2.25. The van der Waals surface area contributed by atoms with E-state index in [0.29, 0.717) is 25.4 Å². The molecule has 0 aromatic heterocycles. The fraction of sp³-hybridized carbons (Fsp3) is 0.500. The van der Waals surface area contributed by atoms with E-state index in [1.54, 1.807) is 0 Å². The topological polar surface area (TPSA) is 75.8 Å². The molecule has 0 spiro atoms. The maximum Gasteiger partial charge on any atom is 0.305 e. The predicted octanol–water partition coefficient (Wildman–Crippen LogP) is 1.98. The average Bonchev–Trinajstić information content (AvgIpc) is 2.39. The van der Waals surface area contributed by atoms with E-state index in [1.807, 2.05) is 36.1 Å². The fourth-order valence-electron chi connectivity index (χ4n) is 1.86. The molecule has 3 N–H and O–H groups in total. The number of hydrogen-bond acceptors (Lipinski definition) is 4. The first-order valence-corrected chi connectivity index (χ1v) is 6.54. The summed E-state index contributed by atoms with van der Waals surface area (Å²) in [5, 5.41) is 8.81. The van der Waals surface area contributed by atoms with Crippen molar-refractivity contribution in [3.63, 3.8) is 0 Å². The zero-order chi connectivity index (χ0) is 14.1. The summed E-state index contributed by atoms with van der Waals surface area (Å²) in [6.45, 7) is 4.52. The quantitative estimate of drug-likeness (QED) is 0.528. The van der Waals surface area contributed by atoms with E-state index in [1.165, 1.54) is 0 Å². The van der Waals surface area contributed by atoms with Crippen molar-refractivity contribution < 1.29 is 14.6 Å². The highest BCUT2D eigenvalue weighted by atomic mass is 16.5. The van der Waals surface area contributed by atoms with Crippen molar-refractivity contribution in [2.24, 2.45) is 0 Å². The van der Waals surface area contributed by atoms with Crippen LogP contribution in [0.25, 0.3) is 0 Å². The predicted molar refractivity (Wildman–Crippen MR) is 76.4 cm³/mol. The SMILES string of the molecule is CCOCCCN(CCC(=O)O)c1ccccc1N. The Morgan fingerprint density at radius 2 is 2.11 bits per heavy atom. The highest BCUT2D eigenvalue weighted by molar-refractivity contribution is 5.70. The van der Waals surface area contributed by atoms with Gasteiger partial charge in [0.15, 0.2) is 0 Å². The number of nitrogen functional groups attached to an aromatic ring is 1. The van der Waals surface area contributed by atoms with Crippen molar-refractivity contribution in [3.8, 4) is 0 Å². The first-order valence-electron chi connectivity index (χ1n) is 6.54. The molecule has 5 nitrogen and oxygen atoms in total. The van der Waals surface area contributed by atoms with Crippen molar-refractivity contribution in [2.45, 2.75) is 19.8 Å². The molecule has 0 fully saturated rings. The first kappa shape index (κ1) is 15.3. The Morgan fingerprint density at radius 3 is 2.74 bits per heavy atom. The molecule has 0 atom stereocenters. The smallest absolute Gasteiger partial charge is 0.305 e. The van der Waals surface area contributed by atoms with Gasteiger partial charge in [-0.25, -0.2) is 0 Å². The number of carboxylic acid groups (broad SMARTS) is 1. The Kier molecular flexibility index (Phi) is 6.74. The van der Waals surface area contributed by atoms with Gasteiger partial charge in [0.25, 0.3) is 0 Å². The summed E-state index contributed by atoms with van der Waals surface area (Å²) in [4.78, 5) is 12.7. The average molecular weight is 266 g/mol. The molecule has 19 heavy (non-hydrogen) atoms. The molecule has 0 saturated carbocycles. The summed E-state index contributed by atoms with van der Waals surface area (Å²) in [6.07, 6.45) is 0.949. The second kappa shape index (κ2) is 8.37. The molecule has 0 radical (unpaired) electrons. The lowest BCUT2D eigenvalue weighted by atomic mass is 10.2. The minimum Gasteiger partial charge on any atom is -0.481 e. The maximum absolute atomic E-state index is 10.7. The van der Waals surface area contributed by atoms with Gasteiger partial charge in [0.1, 0.15) is 0 Å². The molecule has 0 aliphatic rings. The van der Waals surface area contributed by atoms with Crippen LogP contribution in [0.2, 0.25) is 0 Å². The lowest BCUT2D eigenvalue weighted by molar-refractivity contribution is -0.136. The van der Waals surface area contributed by atoms with Crippen LogP contribution in [-0.2, 0) is 9.53 Å². The number of nitrogens with zero attached hydrogens (tertiary/aromatic N) is 1. The normalized spacial score (nSPS) is 10.4. The van der Waals surface area contributed by atoms with Crippen molar-refractivity contribution >= 4 is 17.3 Å². The van der Waals surface area contributed by atoms with Gasteiger partial charge in [-0.2, -0.15) is 0 Å². The van der Waals surface area contributed by atoms with Crippen molar-refractivity contribution in [1.82, 2.24) is 0 Å². The van der Waals surface area contributed by atoms with Gasteiger partial charge >= 0.3 is 5.97 Å². The Labute approximate surface area is 114 Å². The highest BCUT2D eigenvalue weighted by Gasteiger charge is 2.10. The summed E-state index contributed by atoms with van der Waals surface area (Å²) < 4.78 is 5.30. The molecule has 0 unspecified atom stereocenters. The van der Waals surface area contributed by atoms with Gasteiger partial charge in [0.05, 0.1) is 17.8 Å². The summed E-state index contributed by atoms with van der Waals surface area (Å²) in [5.74, 6) is -0.802. The summed E-state index contributed by atoms with van der Waals surface area (Å²) in [7, 11) is 0. The van der Waals surface area contributed by atoms with Crippen molar-refractivity contribution in [1.29, 1.82) is 0 Å². The number of hydrogen-bond donors (Lipinski definition) is 2. The van der Waals surface area contributed by atoms with Crippen LogP contribution >= 0.6 is 0 Å². The molecule has 0 amide bonds. The number of benzene rings is 1. The van der Waals surface area contributed by atoms with E-state index in [-0.39, 0.29) is 6.42 Å². The Morgan fingerprint density at radius 1 is 1.37 bits per heavy atom. The fourth-order valence-corrected chi connectivity index (χ4v) is 1.86. The minimum atomic E-state index is -0.802. The Balaban J connectivity index is 2.63. The molecule has 0 saturated heterocycles. The van der Waals surface area contributed by atoms with Crippen LogP contribution in [0.1, 0.15) is 19.8 Å². The van der Waals surface area contributed by atoms with Gasteiger partial charge in [0.2, 0.25) is 0 Å². The molecule has 0 bridgehead atoms. The molecule has 1 rings (SSSR count). The van der Waals surface area contributed by atoms with Crippen LogP contribution in [0.4, 0.5) is 11.4 Å². The van der Waals surface area contributed by atoms with Crippen LogP contribution in [0.3, 0.4) is 0 Å². The van der Waals surface area contributed by atoms with Crippen LogP contribution in [-0.4, -0.2) is 37.4 Å². The van der Waals surface area contributed by atoms with Crippen molar-refractivity contribution in [2.75, 3.05) is 36.9 Å². The number of carbonyl (C=O) groups is 1. The Bertz CT molecular complexity index is 396. The minimum absolute atomic E-state index is 0.100. The van der Waals surface area contributed by atoms with E-state index in [0.717, 1.165) is 18.7 Å². The Hall–Kier alpha value is -1.75. The molecule has 0 heterocycles. The number of aliphatic carboxylic acids is 1. The second-order valence-electron chi connectivity index (χ2n) is 4.24. The van der Waals surface area contributed by atoms with E-state index < -0.39 is 5.97 Å². The van der Waals surface area contributed by atoms with Gasteiger partial charge < -0.3 is 20.5 Å². The second-order valence-corrected chi connectivity index (χ2v) is 4.24. The third-order valence-corrected chi connectivity index (χ3v) is 2.79. The lowest BCUT2D eigenvalue weighted by Crippen LogP contribution is -2.28. The number of anilines is 2. The maximum atomic E-state index is 10.7. The standard InChI is InChI=1S/C14H22N2O3/c1-2-19-11-5-9-16(10-8-14(17)18)13-7-4-3-6-12(13)15/h3-4,6-7H,2,5,8-11,15H2,1H3,(H,17,18). The van der Waals surface area contributed by atoms with Gasteiger partial charge in [-0.15, -0.1) is 0 Å². The highest BCUT2D eigenvalue weighted by Crippen LogP contribution is 2.22. The zero-order valence-corrected chi connectivity index (χ0v) is 11.3. The number of para-hydroxylation sites is 2. The number of rotatable bonds is 9. The van der Waals surface area contributed by atoms with E-state index in [4.69, 9.17) is 15.6 Å². The molecule has 0 aliphatic carbocycles. The third-order valence-electron chi connectivity index (χ3n) is 2.79. The van der Waals surface area contributed by atoms with Crippen LogP contribution in [0.5, 0.6) is 0 Å². The molecule has 1 aromatic rings. The zero-order valence-electron chi connectivity index (χ0n) is 11.3. The summed E-state index contributed by atoms with van der Waals surface area (Å²) >= 11 is 0. The third kappa shape index (κ3) is 5.61. The number of ether oxygens (including phenoxy) is 1. The molecule has 106 valence electrons. The van der Waals surface area contributed by atoms with Crippen LogP contribution in [0, 0.1) is 0 Å². The van der Waals surface area contributed by atoms with Gasteiger partial charge in [-0.1, -0.05) is 12.1 Å². The summed E-state index contributed by atoms with van der Waals surface area (Å²) in [5.41, 5.74) is 7.50. The van der Waals surface area contributed by atoms with Crippen LogP contribution < -0.4 is 10.6 Å². The van der Waals surface area contributed by atoms with E-state index in [9.17, 15) is 4.79 Å². The molecule has 5 heteroatoms. The first-order chi connectivity index (χ1) is 9.15. The molecule has 1 aromatic carbocycles. The molecular formula is C14H22N2O3. The van der Waals surface area contributed by atoms with Crippen molar-refractivity contribution in [3.05, 3.63) is 24.3 Å². The van der Waals surface area contributed by atoms with Crippen LogP contribution in [0.15, 0.2) is 24.3 Å². The molecule has 0 aliphatic heterocycles. The van der Waals surface area contributed by atoms with E-state index in [2.05, 4.69) is 0 Å². The number of nitrogens with two attached hydrogens (primary N) is 1. The summed E-state index contributed by atoms with van der Waals surface area (Å²) in [6, 6.07) is 7.51. The largest absolute Gasteiger partial charge is 0.481 e. The van der Waals surface area contributed by atoms with Gasteiger partial charge in [-0.05, 0) is 25.5 Å². The monoisotopic (exact) mass is 266 g/mol. The van der Waals surface area contributed by atoms with Gasteiger partial charge in [0, 0.05) is 26.3 Å². The van der Waals surface area contributed by atoms with E-state index >= 15 is 0 Å². The molecular weight excluding hydrogens is 244 g/mol. The van der Waals surface area contributed by atoms with Gasteiger partial charge in [-0.3, -0.25) is 4.79 Å². The number of carboxylic acids is 1.